The van der Waals surface area contributed by atoms with Crippen LogP contribution >= 0.6 is 11.8 Å². The molecule has 20 heavy (non-hydrogen) atoms. The summed E-state index contributed by atoms with van der Waals surface area (Å²) in [6.07, 6.45) is 3.51. The van der Waals surface area contributed by atoms with Crippen molar-refractivity contribution in [2.24, 2.45) is 5.84 Å². The van der Waals surface area contributed by atoms with Gasteiger partial charge in [-0.25, -0.2) is 5.84 Å². The highest BCUT2D eigenvalue weighted by atomic mass is 32.2. The van der Waals surface area contributed by atoms with Crippen LogP contribution in [0, 0.1) is 0 Å². The summed E-state index contributed by atoms with van der Waals surface area (Å²) in [6, 6.07) is 10.9. The molecular weight excluding hydrogens is 274 g/mol. The van der Waals surface area contributed by atoms with Gasteiger partial charge in [0.05, 0.1) is 12.2 Å². The van der Waals surface area contributed by atoms with Gasteiger partial charge in [-0.2, -0.15) is 0 Å². The second-order valence-corrected chi connectivity index (χ2v) is 5.02. The molecule has 5 nitrogen and oxygen atoms in total. The molecule has 104 valence electrons. The van der Waals surface area contributed by atoms with E-state index in [2.05, 4.69) is 10.4 Å². The number of nitrogen functional groups attached to an aromatic ring is 1. The second-order valence-electron chi connectivity index (χ2n) is 3.85. The molecule has 1 aromatic carbocycles. The number of thioether (sulfide) groups is 1. The van der Waals surface area contributed by atoms with Crippen LogP contribution in [0.25, 0.3) is 0 Å². The van der Waals surface area contributed by atoms with E-state index in [1.807, 2.05) is 18.2 Å². The number of nitrogens with one attached hydrogen (secondary N) is 1. The molecule has 0 saturated heterocycles. The number of nitrogens with two attached hydrogens (primary N) is 1. The number of pyridine rings is 1. The Hall–Kier alpha value is -2.05. The summed E-state index contributed by atoms with van der Waals surface area (Å²) in [5.41, 5.74) is 2.54. The Labute approximate surface area is 121 Å². The lowest BCUT2D eigenvalue weighted by molar-refractivity contribution is 0.0950. The SMILES string of the molecule is NNC(=O)c1ccccc1OCCSc1ccncc1. The minimum atomic E-state index is -0.359. The van der Waals surface area contributed by atoms with E-state index in [1.165, 1.54) is 0 Å². The van der Waals surface area contributed by atoms with E-state index in [9.17, 15) is 4.79 Å². The monoisotopic (exact) mass is 289 g/mol. The summed E-state index contributed by atoms with van der Waals surface area (Å²) < 4.78 is 5.63. The third-order valence-electron chi connectivity index (χ3n) is 2.52. The Morgan fingerprint density at radius 1 is 1.25 bits per heavy atom. The number of hydrogen-bond donors (Lipinski definition) is 2. The predicted octanol–water partition coefficient (Wildman–Crippen LogP) is 1.86. The summed E-state index contributed by atoms with van der Waals surface area (Å²) in [4.78, 5) is 16.7. The van der Waals surface area contributed by atoms with Crippen LogP contribution in [0.1, 0.15) is 10.4 Å². The molecule has 1 amide bonds. The Kier molecular flexibility index (Phi) is 5.40. The molecule has 0 atom stereocenters. The van der Waals surface area contributed by atoms with Crippen molar-refractivity contribution in [3.8, 4) is 5.75 Å². The van der Waals surface area contributed by atoms with Gasteiger partial charge in [-0.05, 0) is 24.3 Å². The predicted molar refractivity (Wildman–Crippen MR) is 78.6 cm³/mol. The fraction of sp³-hybridized carbons (Fsp3) is 0.143. The van der Waals surface area contributed by atoms with E-state index in [-0.39, 0.29) is 5.91 Å². The molecule has 0 saturated carbocycles. The quantitative estimate of drug-likeness (QED) is 0.279. The molecule has 0 aliphatic heterocycles. The number of carbonyl (C=O) groups excluding carboxylic acids is 1. The summed E-state index contributed by atoms with van der Waals surface area (Å²) in [7, 11) is 0. The highest BCUT2D eigenvalue weighted by Gasteiger charge is 2.10. The molecule has 0 aliphatic carbocycles. The number of amides is 1. The van der Waals surface area contributed by atoms with Crippen LogP contribution in [0.3, 0.4) is 0 Å². The zero-order valence-electron chi connectivity index (χ0n) is 10.8. The van der Waals surface area contributed by atoms with Gasteiger partial charge in [-0.1, -0.05) is 12.1 Å². The zero-order chi connectivity index (χ0) is 14.2. The number of nitrogens with zero attached hydrogens (tertiary/aromatic N) is 1. The Morgan fingerprint density at radius 2 is 2.00 bits per heavy atom. The maximum absolute atomic E-state index is 11.6. The first-order valence-electron chi connectivity index (χ1n) is 6.07. The van der Waals surface area contributed by atoms with Gasteiger partial charge < -0.3 is 4.74 Å². The Balaban J connectivity index is 1.87. The highest BCUT2D eigenvalue weighted by molar-refractivity contribution is 7.99. The van der Waals surface area contributed by atoms with E-state index in [1.54, 1.807) is 42.4 Å². The third-order valence-corrected chi connectivity index (χ3v) is 3.50. The third kappa shape index (κ3) is 3.97. The topological polar surface area (TPSA) is 77.2 Å². The lowest BCUT2D eigenvalue weighted by Gasteiger charge is -2.10. The summed E-state index contributed by atoms with van der Waals surface area (Å²) in [5, 5.41) is 0. The van der Waals surface area contributed by atoms with Crippen molar-refractivity contribution in [1.29, 1.82) is 0 Å². The molecule has 1 aromatic heterocycles. The van der Waals surface area contributed by atoms with Gasteiger partial charge in [0.1, 0.15) is 5.75 Å². The molecule has 0 fully saturated rings. The van der Waals surface area contributed by atoms with E-state index in [0.717, 1.165) is 10.6 Å². The van der Waals surface area contributed by atoms with Crippen molar-refractivity contribution in [3.63, 3.8) is 0 Å². The van der Waals surface area contributed by atoms with Gasteiger partial charge in [0.25, 0.3) is 5.91 Å². The lowest BCUT2D eigenvalue weighted by atomic mass is 10.2. The van der Waals surface area contributed by atoms with Crippen molar-refractivity contribution in [2.45, 2.75) is 4.90 Å². The number of ether oxygens (including phenoxy) is 1. The van der Waals surface area contributed by atoms with Crippen LogP contribution in [0.2, 0.25) is 0 Å². The van der Waals surface area contributed by atoms with E-state index in [4.69, 9.17) is 10.6 Å². The first kappa shape index (κ1) is 14.4. The first-order chi connectivity index (χ1) is 9.81. The van der Waals surface area contributed by atoms with Crippen molar-refractivity contribution < 1.29 is 9.53 Å². The zero-order valence-corrected chi connectivity index (χ0v) is 11.6. The van der Waals surface area contributed by atoms with Crippen molar-refractivity contribution in [3.05, 3.63) is 54.4 Å². The Bertz CT molecular complexity index is 563. The molecule has 0 aliphatic rings. The number of para-hydroxylation sites is 1. The summed E-state index contributed by atoms with van der Waals surface area (Å²) in [6.45, 7) is 0.502. The largest absolute Gasteiger partial charge is 0.492 e. The van der Waals surface area contributed by atoms with Crippen LogP contribution in [0.5, 0.6) is 5.75 Å². The normalized spacial score (nSPS) is 10.1. The maximum Gasteiger partial charge on any atom is 0.268 e. The van der Waals surface area contributed by atoms with Crippen molar-refractivity contribution >= 4 is 17.7 Å². The number of hydrazine groups is 1. The fourth-order valence-corrected chi connectivity index (χ4v) is 2.32. The number of rotatable bonds is 6. The minimum absolute atomic E-state index is 0.359. The van der Waals surface area contributed by atoms with Crippen molar-refractivity contribution in [1.82, 2.24) is 10.4 Å². The van der Waals surface area contributed by atoms with Gasteiger partial charge in [0, 0.05) is 23.0 Å². The average Bonchev–Trinajstić information content (AvgIpc) is 2.52. The molecule has 3 N–H and O–H groups in total. The molecule has 2 rings (SSSR count). The first-order valence-corrected chi connectivity index (χ1v) is 7.05. The van der Waals surface area contributed by atoms with Gasteiger partial charge in [-0.3, -0.25) is 15.2 Å². The number of benzene rings is 1. The molecule has 0 spiro atoms. The molecule has 6 heteroatoms. The second kappa shape index (κ2) is 7.52. The number of aromatic nitrogens is 1. The smallest absolute Gasteiger partial charge is 0.268 e. The number of carbonyl (C=O) groups is 1. The number of hydrogen-bond acceptors (Lipinski definition) is 5. The van der Waals surface area contributed by atoms with Crippen LogP contribution in [0.15, 0.2) is 53.7 Å². The van der Waals surface area contributed by atoms with Crippen LogP contribution in [-0.2, 0) is 0 Å². The molecule has 0 radical (unpaired) electrons. The van der Waals surface area contributed by atoms with Crippen LogP contribution in [-0.4, -0.2) is 23.3 Å². The lowest BCUT2D eigenvalue weighted by Crippen LogP contribution is -2.30. The molecule has 2 aromatic rings. The highest BCUT2D eigenvalue weighted by Crippen LogP contribution is 2.20. The van der Waals surface area contributed by atoms with Gasteiger partial charge in [0.2, 0.25) is 0 Å². The summed E-state index contributed by atoms with van der Waals surface area (Å²) in [5.74, 6) is 6.09. The fourth-order valence-electron chi connectivity index (χ4n) is 1.60. The standard InChI is InChI=1S/C14H15N3O2S/c15-17-14(18)12-3-1-2-4-13(12)19-9-10-20-11-5-7-16-8-6-11/h1-8H,9-10,15H2,(H,17,18). The van der Waals surface area contributed by atoms with E-state index >= 15 is 0 Å². The van der Waals surface area contributed by atoms with Gasteiger partial charge in [0.15, 0.2) is 0 Å². The Morgan fingerprint density at radius 3 is 2.75 bits per heavy atom. The van der Waals surface area contributed by atoms with Gasteiger partial charge >= 0.3 is 0 Å². The van der Waals surface area contributed by atoms with Crippen molar-refractivity contribution in [2.75, 3.05) is 12.4 Å². The molecule has 1 heterocycles. The molecule has 0 unspecified atom stereocenters. The molecule has 0 bridgehead atoms. The summed E-state index contributed by atoms with van der Waals surface area (Å²) >= 11 is 1.67. The van der Waals surface area contributed by atoms with Crippen LogP contribution < -0.4 is 16.0 Å². The average molecular weight is 289 g/mol. The van der Waals surface area contributed by atoms with Gasteiger partial charge in [-0.15, -0.1) is 11.8 Å². The maximum atomic E-state index is 11.6. The molecular formula is C14H15N3O2S. The minimum Gasteiger partial charge on any atom is -0.492 e. The van der Waals surface area contributed by atoms with Crippen LogP contribution in [0.4, 0.5) is 0 Å². The van der Waals surface area contributed by atoms with E-state index in [0.29, 0.717) is 17.9 Å². The van der Waals surface area contributed by atoms with E-state index < -0.39 is 0 Å².